The van der Waals surface area contributed by atoms with Crippen LogP contribution >= 0.6 is 31.9 Å². The number of amides is 1. The fourth-order valence-electron chi connectivity index (χ4n) is 2.93. The first-order valence-electron chi connectivity index (χ1n) is 9.29. The Bertz CT molecular complexity index is 1230. The number of anilines is 1. The second-order valence-corrected chi connectivity index (χ2v) is 8.53. The number of halogens is 5. The summed E-state index contributed by atoms with van der Waals surface area (Å²) in [5.41, 5.74) is 1.56. The molecule has 0 saturated heterocycles. The van der Waals surface area contributed by atoms with Gasteiger partial charge in [0, 0.05) is 14.6 Å². The lowest BCUT2D eigenvalue weighted by atomic mass is 10.0. The van der Waals surface area contributed by atoms with Crippen LogP contribution in [0.5, 0.6) is 0 Å². The highest BCUT2D eigenvalue weighted by molar-refractivity contribution is 9.10. The molecular weight excluding hydrogens is 549 g/mol. The van der Waals surface area contributed by atoms with Crippen molar-refractivity contribution in [1.29, 1.82) is 5.26 Å². The van der Waals surface area contributed by atoms with Crippen LogP contribution in [0.15, 0.2) is 81.2 Å². The predicted molar refractivity (Wildman–Crippen MR) is 125 cm³/mol. The molecule has 0 aromatic heterocycles. The molecule has 0 aliphatic heterocycles. The zero-order chi connectivity index (χ0) is 23.3. The molecule has 0 unspecified atom stereocenters. The van der Waals surface area contributed by atoms with Crippen LogP contribution in [0.1, 0.15) is 22.3 Å². The molecular formula is C24H15Br2F3N2O. The molecule has 0 atom stereocenters. The number of carbonyl (C=O) groups excluding carboxylic acids is 1. The van der Waals surface area contributed by atoms with Crippen molar-refractivity contribution in [3.8, 4) is 6.07 Å². The molecule has 0 aliphatic rings. The molecule has 0 spiro atoms. The maximum atomic E-state index is 12.9. The Morgan fingerprint density at radius 1 is 0.969 bits per heavy atom. The van der Waals surface area contributed by atoms with Crippen molar-refractivity contribution in [3.05, 3.63) is 104 Å². The van der Waals surface area contributed by atoms with Gasteiger partial charge >= 0.3 is 6.18 Å². The van der Waals surface area contributed by atoms with E-state index in [1.807, 2.05) is 30.3 Å². The van der Waals surface area contributed by atoms with E-state index in [9.17, 15) is 23.2 Å². The van der Waals surface area contributed by atoms with E-state index in [0.29, 0.717) is 12.0 Å². The summed E-state index contributed by atoms with van der Waals surface area (Å²) >= 11 is 7.05. The number of rotatable bonds is 5. The van der Waals surface area contributed by atoms with Crippen LogP contribution in [-0.2, 0) is 17.4 Å². The third kappa shape index (κ3) is 6.09. The van der Waals surface area contributed by atoms with Gasteiger partial charge in [-0.1, -0.05) is 68.3 Å². The minimum absolute atomic E-state index is 0.0454. The van der Waals surface area contributed by atoms with Gasteiger partial charge in [-0.05, 0) is 59.5 Å². The van der Waals surface area contributed by atoms with E-state index in [1.54, 1.807) is 18.2 Å². The Labute approximate surface area is 199 Å². The molecule has 0 fully saturated rings. The van der Waals surface area contributed by atoms with Gasteiger partial charge in [-0.3, -0.25) is 4.79 Å². The van der Waals surface area contributed by atoms with Crippen molar-refractivity contribution in [1.82, 2.24) is 0 Å². The fourth-order valence-corrected chi connectivity index (χ4v) is 3.89. The van der Waals surface area contributed by atoms with Crippen molar-refractivity contribution in [2.24, 2.45) is 0 Å². The van der Waals surface area contributed by atoms with Crippen LogP contribution < -0.4 is 5.32 Å². The third-order valence-electron chi connectivity index (χ3n) is 4.54. The predicted octanol–water partition coefficient (Wildman–Crippen LogP) is 7.37. The largest absolute Gasteiger partial charge is 0.416 e. The molecule has 3 nitrogen and oxygen atoms in total. The summed E-state index contributed by atoms with van der Waals surface area (Å²) in [4.78, 5) is 12.4. The molecule has 1 amide bonds. The van der Waals surface area contributed by atoms with Crippen LogP contribution in [0.25, 0.3) is 6.08 Å². The lowest BCUT2D eigenvalue weighted by Gasteiger charge is -2.10. The Hall–Kier alpha value is -2.89. The minimum Gasteiger partial charge on any atom is -0.321 e. The zero-order valence-electron chi connectivity index (χ0n) is 16.4. The summed E-state index contributed by atoms with van der Waals surface area (Å²) in [6.07, 6.45) is -2.47. The van der Waals surface area contributed by atoms with Crippen molar-refractivity contribution >= 4 is 49.5 Å². The number of nitrogens with zero attached hydrogens (tertiary/aromatic N) is 1. The van der Waals surface area contributed by atoms with Crippen molar-refractivity contribution < 1.29 is 18.0 Å². The van der Waals surface area contributed by atoms with Gasteiger partial charge in [-0.25, -0.2) is 0 Å². The summed E-state index contributed by atoms with van der Waals surface area (Å²) in [6, 6.07) is 19.3. The SMILES string of the molecule is N#C/C(=C\c1ccc(Cc2ccccc2Br)c(Br)c1)C(=O)Nc1cccc(C(F)(F)F)c1. The lowest BCUT2D eigenvalue weighted by molar-refractivity contribution is -0.137. The maximum absolute atomic E-state index is 12.9. The molecule has 0 radical (unpaired) electrons. The van der Waals surface area contributed by atoms with E-state index in [0.717, 1.165) is 32.2 Å². The average Bonchev–Trinajstić information content (AvgIpc) is 2.74. The van der Waals surface area contributed by atoms with Crippen LogP contribution in [0.4, 0.5) is 18.9 Å². The Morgan fingerprint density at radius 2 is 1.69 bits per heavy atom. The number of nitriles is 1. The van der Waals surface area contributed by atoms with Crippen LogP contribution in [0.2, 0.25) is 0 Å². The molecule has 0 saturated carbocycles. The monoisotopic (exact) mass is 562 g/mol. The van der Waals surface area contributed by atoms with E-state index in [4.69, 9.17) is 0 Å². The quantitative estimate of drug-likeness (QED) is 0.260. The van der Waals surface area contributed by atoms with Crippen molar-refractivity contribution in [2.45, 2.75) is 12.6 Å². The zero-order valence-corrected chi connectivity index (χ0v) is 19.6. The van der Waals surface area contributed by atoms with E-state index in [1.165, 1.54) is 18.2 Å². The molecule has 162 valence electrons. The first-order chi connectivity index (χ1) is 15.2. The van der Waals surface area contributed by atoms with Gasteiger partial charge in [-0.15, -0.1) is 0 Å². The highest BCUT2D eigenvalue weighted by Gasteiger charge is 2.30. The van der Waals surface area contributed by atoms with Gasteiger partial charge < -0.3 is 5.32 Å². The Kier molecular flexibility index (Phi) is 7.54. The molecule has 0 aliphatic carbocycles. The van der Waals surface area contributed by atoms with Crippen LogP contribution in [-0.4, -0.2) is 5.91 Å². The number of benzene rings is 3. The number of hydrogen-bond donors (Lipinski definition) is 1. The average molecular weight is 564 g/mol. The van der Waals surface area contributed by atoms with Crippen LogP contribution in [0.3, 0.4) is 0 Å². The molecule has 3 rings (SSSR count). The van der Waals surface area contributed by atoms with E-state index >= 15 is 0 Å². The van der Waals surface area contributed by atoms with Gasteiger partial charge in [-0.2, -0.15) is 18.4 Å². The summed E-state index contributed by atoms with van der Waals surface area (Å²) < 4.78 is 40.4. The van der Waals surface area contributed by atoms with Gasteiger partial charge in [0.2, 0.25) is 0 Å². The van der Waals surface area contributed by atoms with Crippen LogP contribution in [0, 0.1) is 11.3 Å². The number of nitrogens with one attached hydrogen (secondary N) is 1. The minimum atomic E-state index is -4.53. The van der Waals surface area contributed by atoms with Gasteiger partial charge in [0.05, 0.1) is 5.56 Å². The normalized spacial score (nSPS) is 11.7. The molecule has 3 aromatic carbocycles. The highest BCUT2D eigenvalue weighted by atomic mass is 79.9. The summed E-state index contributed by atoms with van der Waals surface area (Å²) in [5.74, 6) is -0.791. The molecule has 0 bridgehead atoms. The Morgan fingerprint density at radius 3 is 2.34 bits per heavy atom. The summed E-state index contributed by atoms with van der Waals surface area (Å²) in [6.45, 7) is 0. The Balaban J connectivity index is 1.79. The number of carbonyl (C=O) groups is 1. The first kappa shape index (κ1) is 23.8. The van der Waals surface area contributed by atoms with E-state index < -0.39 is 17.6 Å². The van der Waals surface area contributed by atoms with Gasteiger partial charge in [0.15, 0.2) is 0 Å². The molecule has 8 heteroatoms. The first-order valence-corrected chi connectivity index (χ1v) is 10.9. The standard InChI is InChI=1S/C24H15Br2F3N2O/c25-21-7-2-1-4-16(21)12-17-9-8-15(11-22(17)26)10-18(14-30)23(32)31-20-6-3-5-19(13-20)24(27,28)29/h1-11,13H,12H2,(H,31,32)/b18-10+. The molecule has 0 heterocycles. The molecule has 32 heavy (non-hydrogen) atoms. The summed E-state index contributed by atoms with van der Waals surface area (Å²) in [5, 5.41) is 11.7. The smallest absolute Gasteiger partial charge is 0.321 e. The number of alkyl halides is 3. The van der Waals surface area contributed by atoms with E-state index in [-0.39, 0.29) is 11.3 Å². The lowest BCUT2D eigenvalue weighted by Crippen LogP contribution is -2.14. The number of hydrogen-bond acceptors (Lipinski definition) is 2. The maximum Gasteiger partial charge on any atom is 0.416 e. The fraction of sp³-hybridized carbons (Fsp3) is 0.0833. The van der Waals surface area contributed by atoms with Gasteiger partial charge in [0.25, 0.3) is 5.91 Å². The van der Waals surface area contributed by atoms with Crippen molar-refractivity contribution in [3.63, 3.8) is 0 Å². The van der Waals surface area contributed by atoms with Crippen molar-refractivity contribution in [2.75, 3.05) is 5.32 Å². The molecule has 1 N–H and O–H groups in total. The summed E-state index contributed by atoms with van der Waals surface area (Å²) in [7, 11) is 0. The van der Waals surface area contributed by atoms with E-state index in [2.05, 4.69) is 37.2 Å². The highest BCUT2D eigenvalue weighted by Crippen LogP contribution is 2.31. The second-order valence-electron chi connectivity index (χ2n) is 6.82. The van der Waals surface area contributed by atoms with Gasteiger partial charge in [0.1, 0.15) is 11.6 Å². The molecule has 3 aromatic rings. The topological polar surface area (TPSA) is 52.9 Å². The second kappa shape index (κ2) is 10.2. The third-order valence-corrected chi connectivity index (χ3v) is 6.05.